The molecule has 1 aliphatic carbocycles. The van der Waals surface area contributed by atoms with E-state index in [0.29, 0.717) is 18.9 Å². The highest BCUT2D eigenvalue weighted by Crippen LogP contribution is 2.55. The number of amides is 2. The Morgan fingerprint density at radius 3 is 2.44 bits per heavy atom. The molecule has 1 saturated heterocycles. The zero-order valence-electron chi connectivity index (χ0n) is 20.8. The first-order chi connectivity index (χ1) is 18.1. The normalized spacial score (nSPS) is 25.3. The SMILES string of the molecule is COc1c([C@H]2[C@H](C(=O)Nc3ccnc(C(=O)NS(=O)(=O)C4CC4)c3)O[C@@](C)(C(F)(F)F)[C@H]2C)ccc(F)c1F. The van der Waals surface area contributed by atoms with Gasteiger partial charge in [0.15, 0.2) is 17.2 Å². The molecule has 0 bridgehead atoms. The van der Waals surface area contributed by atoms with E-state index in [0.717, 1.165) is 32.4 Å². The van der Waals surface area contributed by atoms with Crippen LogP contribution in [0.4, 0.5) is 27.6 Å². The molecular formula is C24H24F5N3O6S. The average Bonchev–Trinajstić information content (AvgIpc) is 3.67. The van der Waals surface area contributed by atoms with Crippen molar-refractivity contribution in [3.63, 3.8) is 0 Å². The molecular weight excluding hydrogens is 553 g/mol. The molecule has 0 radical (unpaired) electrons. The van der Waals surface area contributed by atoms with Gasteiger partial charge in [0, 0.05) is 29.3 Å². The Hall–Kier alpha value is -3.33. The second-order valence-electron chi connectivity index (χ2n) is 9.54. The van der Waals surface area contributed by atoms with E-state index in [1.54, 1.807) is 0 Å². The van der Waals surface area contributed by atoms with Crippen LogP contribution in [0.2, 0.25) is 0 Å². The van der Waals surface area contributed by atoms with Gasteiger partial charge >= 0.3 is 6.18 Å². The van der Waals surface area contributed by atoms with Crippen LogP contribution in [-0.4, -0.2) is 55.5 Å². The largest absolute Gasteiger partial charge is 0.493 e. The molecule has 4 atom stereocenters. The molecule has 2 fully saturated rings. The fraction of sp³-hybridized carbons (Fsp3) is 0.458. The molecule has 1 saturated carbocycles. The Bertz CT molecular complexity index is 1420. The number of halogens is 5. The van der Waals surface area contributed by atoms with Crippen LogP contribution in [0.5, 0.6) is 5.75 Å². The van der Waals surface area contributed by atoms with Crippen LogP contribution in [-0.2, 0) is 19.6 Å². The number of carbonyl (C=O) groups excluding carboxylic acids is 2. The van der Waals surface area contributed by atoms with Gasteiger partial charge in [-0.25, -0.2) is 17.5 Å². The molecule has 2 N–H and O–H groups in total. The van der Waals surface area contributed by atoms with Crippen molar-refractivity contribution in [3.05, 3.63) is 53.4 Å². The number of nitrogens with zero attached hydrogens (tertiary/aromatic N) is 1. The number of methoxy groups -OCH3 is 1. The van der Waals surface area contributed by atoms with Crippen LogP contribution in [0, 0.1) is 17.6 Å². The van der Waals surface area contributed by atoms with Crippen molar-refractivity contribution in [1.29, 1.82) is 0 Å². The molecule has 39 heavy (non-hydrogen) atoms. The van der Waals surface area contributed by atoms with Crippen molar-refractivity contribution in [1.82, 2.24) is 9.71 Å². The van der Waals surface area contributed by atoms with E-state index >= 15 is 0 Å². The van der Waals surface area contributed by atoms with Gasteiger partial charge in [0.25, 0.3) is 11.8 Å². The van der Waals surface area contributed by atoms with Gasteiger partial charge < -0.3 is 14.8 Å². The molecule has 1 aliphatic heterocycles. The van der Waals surface area contributed by atoms with E-state index in [9.17, 15) is 40.0 Å². The summed E-state index contributed by atoms with van der Waals surface area (Å²) in [7, 11) is -2.88. The van der Waals surface area contributed by atoms with E-state index in [4.69, 9.17) is 9.47 Å². The second kappa shape index (κ2) is 10.0. The minimum Gasteiger partial charge on any atom is -0.493 e. The quantitative estimate of drug-likeness (QED) is 0.482. The van der Waals surface area contributed by atoms with Crippen molar-refractivity contribution < 1.29 is 49.4 Å². The maximum absolute atomic E-state index is 14.5. The van der Waals surface area contributed by atoms with Gasteiger partial charge in [-0.3, -0.25) is 14.6 Å². The number of anilines is 1. The van der Waals surface area contributed by atoms with Crippen LogP contribution < -0.4 is 14.8 Å². The summed E-state index contributed by atoms with van der Waals surface area (Å²) < 4.78 is 107. The minimum atomic E-state index is -4.94. The smallest absolute Gasteiger partial charge is 0.417 e. The summed E-state index contributed by atoms with van der Waals surface area (Å²) in [4.78, 5) is 29.5. The molecule has 2 aromatic rings. The third-order valence-corrected chi connectivity index (χ3v) is 8.85. The van der Waals surface area contributed by atoms with Crippen LogP contribution in [0.1, 0.15) is 48.7 Å². The van der Waals surface area contributed by atoms with E-state index in [1.807, 2.05) is 4.72 Å². The third kappa shape index (κ3) is 5.29. The highest BCUT2D eigenvalue weighted by Gasteiger charge is 2.66. The third-order valence-electron chi connectivity index (χ3n) is 7.03. The van der Waals surface area contributed by atoms with Gasteiger partial charge in [0.1, 0.15) is 11.8 Å². The number of nitrogens with one attached hydrogen (secondary N) is 2. The van der Waals surface area contributed by atoms with Crippen LogP contribution in [0.15, 0.2) is 30.5 Å². The van der Waals surface area contributed by atoms with Gasteiger partial charge in [0.05, 0.1) is 12.4 Å². The first kappa shape index (κ1) is 28.7. The summed E-state index contributed by atoms with van der Waals surface area (Å²) in [5.74, 6) is -8.44. The van der Waals surface area contributed by atoms with Crippen molar-refractivity contribution in [3.8, 4) is 5.75 Å². The van der Waals surface area contributed by atoms with Gasteiger partial charge in [-0.15, -0.1) is 0 Å². The Kier molecular flexibility index (Phi) is 7.36. The van der Waals surface area contributed by atoms with E-state index in [-0.39, 0.29) is 16.9 Å². The van der Waals surface area contributed by atoms with Crippen LogP contribution >= 0.6 is 0 Å². The minimum absolute atomic E-state index is 0.100. The van der Waals surface area contributed by atoms with Gasteiger partial charge in [-0.05, 0) is 38.0 Å². The van der Waals surface area contributed by atoms with Crippen molar-refractivity contribution in [2.75, 3.05) is 12.4 Å². The zero-order chi connectivity index (χ0) is 28.9. The summed E-state index contributed by atoms with van der Waals surface area (Å²) in [6.07, 6.45) is -4.90. The van der Waals surface area contributed by atoms with Crippen molar-refractivity contribution in [2.24, 2.45) is 5.92 Å². The molecule has 4 rings (SSSR count). The first-order valence-corrected chi connectivity index (χ1v) is 13.2. The standard InChI is InChI=1S/C24H24F5N3O6S/c1-11-17(14-6-7-15(25)18(26)19(14)37-3)20(38-23(11,2)24(27,28)29)22(34)31-12-8-9-30-16(10-12)21(33)32-39(35,36)13-4-5-13/h6-11,13,17,20H,4-5H2,1-3H3,(H,32,33)(H,30,31,34)/t11-,17-,20+,23+/m0/s1. The number of aromatic nitrogens is 1. The fourth-order valence-corrected chi connectivity index (χ4v) is 5.82. The Morgan fingerprint density at radius 2 is 1.85 bits per heavy atom. The number of sulfonamides is 1. The van der Waals surface area contributed by atoms with E-state index in [2.05, 4.69) is 10.3 Å². The summed E-state index contributed by atoms with van der Waals surface area (Å²) in [5.41, 5.74) is -3.54. The Labute approximate surface area is 220 Å². The average molecular weight is 578 g/mol. The molecule has 0 unspecified atom stereocenters. The summed E-state index contributed by atoms with van der Waals surface area (Å²) in [6.45, 7) is 1.92. The van der Waals surface area contributed by atoms with Crippen molar-refractivity contribution in [2.45, 2.75) is 55.7 Å². The molecule has 1 aromatic heterocycles. The lowest BCUT2D eigenvalue weighted by Crippen LogP contribution is -2.47. The lowest BCUT2D eigenvalue weighted by Gasteiger charge is -2.32. The fourth-order valence-electron chi connectivity index (χ4n) is 4.53. The van der Waals surface area contributed by atoms with Gasteiger partial charge in [0.2, 0.25) is 15.8 Å². The number of hydrogen-bond acceptors (Lipinski definition) is 7. The van der Waals surface area contributed by atoms with E-state index < -0.39 is 74.2 Å². The Balaban J connectivity index is 1.66. The number of benzene rings is 1. The first-order valence-electron chi connectivity index (χ1n) is 11.7. The van der Waals surface area contributed by atoms with Gasteiger partial charge in [-0.2, -0.15) is 17.6 Å². The number of hydrogen-bond donors (Lipinski definition) is 2. The number of ether oxygens (including phenoxy) is 2. The molecule has 2 heterocycles. The molecule has 212 valence electrons. The highest BCUT2D eigenvalue weighted by molar-refractivity contribution is 7.91. The highest BCUT2D eigenvalue weighted by atomic mass is 32.2. The lowest BCUT2D eigenvalue weighted by atomic mass is 9.77. The Morgan fingerprint density at radius 1 is 1.18 bits per heavy atom. The molecule has 2 aliphatic rings. The summed E-state index contributed by atoms with van der Waals surface area (Å²) in [5, 5.41) is 1.66. The maximum atomic E-state index is 14.5. The molecule has 0 spiro atoms. The van der Waals surface area contributed by atoms with Crippen LogP contribution in [0.25, 0.3) is 0 Å². The zero-order valence-corrected chi connectivity index (χ0v) is 21.6. The molecule has 2 amide bonds. The molecule has 9 nitrogen and oxygen atoms in total. The molecule has 1 aromatic carbocycles. The van der Waals surface area contributed by atoms with Gasteiger partial charge in [-0.1, -0.05) is 13.0 Å². The number of rotatable bonds is 7. The molecule has 15 heteroatoms. The maximum Gasteiger partial charge on any atom is 0.417 e. The summed E-state index contributed by atoms with van der Waals surface area (Å²) >= 11 is 0. The number of pyridine rings is 1. The van der Waals surface area contributed by atoms with Crippen molar-refractivity contribution >= 4 is 27.5 Å². The topological polar surface area (TPSA) is 124 Å². The number of alkyl halides is 3. The van der Waals surface area contributed by atoms with Crippen LogP contribution in [0.3, 0.4) is 0 Å². The second-order valence-corrected chi connectivity index (χ2v) is 11.5. The monoisotopic (exact) mass is 577 g/mol. The lowest BCUT2D eigenvalue weighted by molar-refractivity contribution is -0.272. The predicted molar refractivity (Wildman–Crippen MR) is 126 cm³/mol. The number of carbonyl (C=O) groups is 2. The predicted octanol–water partition coefficient (Wildman–Crippen LogP) is 3.67. The summed E-state index contributed by atoms with van der Waals surface area (Å²) in [6, 6.07) is 3.99. The van der Waals surface area contributed by atoms with E-state index in [1.165, 1.54) is 13.0 Å².